The van der Waals surface area contributed by atoms with Crippen LogP contribution in [0.15, 0.2) is 24.4 Å². The van der Waals surface area contributed by atoms with Crippen molar-refractivity contribution in [1.29, 1.82) is 0 Å². The first kappa shape index (κ1) is 12.9. The first-order chi connectivity index (χ1) is 8.61. The summed E-state index contributed by atoms with van der Waals surface area (Å²) in [6, 6.07) is 4.94. The number of halogens is 2. The zero-order valence-electron chi connectivity index (χ0n) is 9.43. The molecule has 0 N–H and O–H groups in total. The van der Waals surface area contributed by atoms with E-state index in [9.17, 15) is 4.79 Å². The molecule has 7 heteroatoms. The number of nitrogens with zero attached hydrogens (tertiary/aromatic N) is 3. The second kappa shape index (κ2) is 5.37. The van der Waals surface area contributed by atoms with Crippen molar-refractivity contribution in [2.75, 3.05) is 6.61 Å². The third kappa shape index (κ3) is 2.63. The van der Waals surface area contributed by atoms with Crippen LogP contribution in [0.25, 0.3) is 5.69 Å². The normalized spacial score (nSPS) is 10.4. The van der Waals surface area contributed by atoms with E-state index in [-0.39, 0.29) is 5.69 Å². The first-order valence-electron chi connectivity index (χ1n) is 5.16. The van der Waals surface area contributed by atoms with Gasteiger partial charge in [0.05, 0.1) is 28.5 Å². The Morgan fingerprint density at radius 3 is 2.83 bits per heavy atom. The van der Waals surface area contributed by atoms with Gasteiger partial charge in [-0.2, -0.15) is 9.90 Å². The predicted molar refractivity (Wildman–Crippen MR) is 67.3 cm³/mol. The molecule has 5 nitrogen and oxygen atoms in total. The lowest BCUT2D eigenvalue weighted by Crippen LogP contribution is -2.06. The van der Waals surface area contributed by atoms with Gasteiger partial charge < -0.3 is 4.74 Å². The van der Waals surface area contributed by atoms with Crippen LogP contribution < -0.4 is 0 Å². The highest BCUT2D eigenvalue weighted by Crippen LogP contribution is 2.23. The molecular formula is C11H9Cl2N3O2. The second-order valence-corrected chi connectivity index (χ2v) is 4.15. The van der Waals surface area contributed by atoms with Crippen LogP contribution in [0.1, 0.15) is 17.4 Å². The highest BCUT2D eigenvalue weighted by atomic mass is 35.5. The summed E-state index contributed by atoms with van der Waals surface area (Å²) in [5.74, 6) is -0.510. The van der Waals surface area contributed by atoms with E-state index < -0.39 is 5.97 Å². The molecule has 2 aromatic rings. The molecule has 0 amide bonds. The molecule has 0 unspecified atom stereocenters. The number of benzene rings is 1. The number of aromatic nitrogens is 3. The van der Waals surface area contributed by atoms with Gasteiger partial charge in [-0.3, -0.25) is 0 Å². The third-order valence-electron chi connectivity index (χ3n) is 2.11. The minimum Gasteiger partial charge on any atom is -0.461 e. The largest absolute Gasteiger partial charge is 0.461 e. The van der Waals surface area contributed by atoms with Crippen molar-refractivity contribution in [3.05, 3.63) is 40.1 Å². The monoisotopic (exact) mass is 285 g/mol. The Labute approximate surface area is 113 Å². The van der Waals surface area contributed by atoms with Crippen molar-refractivity contribution >= 4 is 29.2 Å². The van der Waals surface area contributed by atoms with Gasteiger partial charge in [0.1, 0.15) is 0 Å². The highest BCUT2D eigenvalue weighted by Gasteiger charge is 2.12. The van der Waals surface area contributed by atoms with E-state index in [0.717, 1.165) is 0 Å². The number of carbonyl (C=O) groups is 1. The summed E-state index contributed by atoms with van der Waals surface area (Å²) in [6.45, 7) is 2.01. The number of carbonyl (C=O) groups excluding carboxylic acids is 1. The summed E-state index contributed by atoms with van der Waals surface area (Å²) in [5, 5.41) is 8.80. The Bertz CT molecular complexity index is 583. The van der Waals surface area contributed by atoms with Crippen molar-refractivity contribution in [3.8, 4) is 5.69 Å². The van der Waals surface area contributed by atoms with Crippen molar-refractivity contribution < 1.29 is 9.53 Å². The summed E-state index contributed by atoms with van der Waals surface area (Å²) in [6.07, 6.45) is 1.33. The van der Waals surface area contributed by atoms with Crippen LogP contribution in [0.5, 0.6) is 0 Å². The van der Waals surface area contributed by atoms with Crippen LogP contribution in [-0.4, -0.2) is 27.6 Å². The van der Waals surface area contributed by atoms with Crippen LogP contribution in [0.2, 0.25) is 10.0 Å². The van der Waals surface area contributed by atoms with E-state index in [1.165, 1.54) is 11.0 Å². The maximum absolute atomic E-state index is 11.4. The second-order valence-electron chi connectivity index (χ2n) is 3.34. The molecule has 94 valence electrons. The molecule has 0 aliphatic heterocycles. The van der Waals surface area contributed by atoms with Crippen molar-refractivity contribution in [3.63, 3.8) is 0 Å². The molecule has 0 radical (unpaired) electrons. The summed E-state index contributed by atoms with van der Waals surface area (Å²) in [5.41, 5.74) is 0.753. The minimum atomic E-state index is -0.510. The van der Waals surface area contributed by atoms with E-state index >= 15 is 0 Å². The summed E-state index contributed by atoms with van der Waals surface area (Å²) < 4.78 is 4.82. The third-order valence-corrected chi connectivity index (χ3v) is 2.85. The molecule has 0 bridgehead atoms. The summed E-state index contributed by atoms with van der Waals surface area (Å²) in [7, 11) is 0. The fourth-order valence-corrected chi connectivity index (χ4v) is 1.59. The molecule has 0 saturated carbocycles. The Balaban J connectivity index is 2.29. The fraction of sp³-hybridized carbons (Fsp3) is 0.182. The smallest absolute Gasteiger partial charge is 0.360 e. The SMILES string of the molecule is CCOC(=O)c1cnn(-c2ccc(Cl)c(Cl)c2)n1. The Morgan fingerprint density at radius 2 is 2.17 bits per heavy atom. The molecule has 1 aromatic heterocycles. The summed E-state index contributed by atoms with van der Waals surface area (Å²) >= 11 is 11.7. The van der Waals surface area contributed by atoms with Crippen LogP contribution in [0.3, 0.4) is 0 Å². The van der Waals surface area contributed by atoms with E-state index in [2.05, 4.69) is 10.2 Å². The molecule has 0 fully saturated rings. The molecule has 2 rings (SSSR count). The van der Waals surface area contributed by atoms with Gasteiger partial charge in [0.2, 0.25) is 0 Å². The van der Waals surface area contributed by atoms with Crippen LogP contribution in [0.4, 0.5) is 0 Å². The lowest BCUT2D eigenvalue weighted by atomic mass is 10.3. The zero-order chi connectivity index (χ0) is 13.1. The van der Waals surface area contributed by atoms with Gasteiger partial charge >= 0.3 is 5.97 Å². The Hall–Kier alpha value is -1.59. The molecule has 18 heavy (non-hydrogen) atoms. The fourth-order valence-electron chi connectivity index (χ4n) is 1.30. The Morgan fingerprint density at radius 1 is 1.39 bits per heavy atom. The van der Waals surface area contributed by atoms with Crippen molar-refractivity contribution in [2.45, 2.75) is 6.92 Å². The van der Waals surface area contributed by atoms with Gasteiger partial charge in [0, 0.05) is 0 Å². The van der Waals surface area contributed by atoms with Crippen LogP contribution >= 0.6 is 23.2 Å². The van der Waals surface area contributed by atoms with Gasteiger partial charge in [-0.1, -0.05) is 23.2 Å². The number of rotatable bonds is 3. The van der Waals surface area contributed by atoms with Gasteiger partial charge in [0.15, 0.2) is 5.69 Å². The molecule has 0 aliphatic carbocycles. The average Bonchev–Trinajstić information content (AvgIpc) is 2.82. The minimum absolute atomic E-state index is 0.142. The number of hydrogen-bond acceptors (Lipinski definition) is 4. The molecule has 0 saturated heterocycles. The summed E-state index contributed by atoms with van der Waals surface area (Å²) in [4.78, 5) is 12.7. The number of hydrogen-bond donors (Lipinski definition) is 0. The predicted octanol–water partition coefficient (Wildman–Crippen LogP) is 2.75. The number of ether oxygens (including phenoxy) is 1. The van der Waals surface area contributed by atoms with Gasteiger partial charge in [0.25, 0.3) is 0 Å². The van der Waals surface area contributed by atoms with Crippen molar-refractivity contribution in [1.82, 2.24) is 15.0 Å². The lowest BCUT2D eigenvalue weighted by molar-refractivity contribution is 0.0519. The van der Waals surface area contributed by atoms with Crippen molar-refractivity contribution in [2.24, 2.45) is 0 Å². The maximum atomic E-state index is 11.4. The maximum Gasteiger partial charge on any atom is 0.360 e. The number of esters is 1. The van der Waals surface area contributed by atoms with Gasteiger partial charge in [-0.25, -0.2) is 4.79 Å². The zero-order valence-corrected chi connectivity index (χ0v) is 10.9. The Kier molecular flexibility index (Phi) is 3.84. The van der Waals surface area contributed by atoms with E-state index in [4.69, 9.17) is 27.9 Å². The topological polar surface area (TPSA) is 57.0 Å². The van der Waals surface area contributed by atoms with Gasteiger partial charge in [-0.05, 0) is 25.1 Å². The van der Waals surface area contributed by atoms with E-state index in [1.807, 2.05) is 0 Å². The molecule has 1 aromatic carbocycles. The molecule has 0 atom stereocenters. The van der Waals surface area contributed by atoms with E-state index in [1.54, 1.807) is 25.1 Å². The highest BCUT2D eigenvalue weighted by molar-refractivity contribution is 6.42. The molecule has 0 aliphatic rings. The quantitative estimate of drug-likeness (QED) is 0.814. The lowest BCUT2D eigenvalue weighted by Gasteiger charge is -2.01. The average molecular weight is 286 g/mol. The van der Waals surface area contributed by atoms with E-state index in [0.29, 0.717) is 22.3 Å². The van der Waals surface area contributed by atoms with Gasteiger partial charge in [-0.15, -0.1) is 5.10 Å². The molecule has 0 spiro atoms. The first-order valence-corrected chi connectivity index (χ1v) is 5.92. The van der Waals surface area contributed by atoms with Crippen LogP contribution in [0, 0.1) is 0 Å². The van der Waals surface area contributed by atoms with Crippen LogP contribution in [-0.2, 0) is 4.74 Å². The molecular weight excluding hydrogens is 277 g/mol. The standard InChI is InChI=1S/C11H9Cl2N3O2/c1-2-18-11(17)10-6-14-16(15-10)7-3-4-8(12)9(13)5-7/h3-6H,2H2,1H3. The molecule has 1 heterocycles.